The summed E-state index contributed by atoms with van der Waals surface area (Å²) < 4.78 is 62.4. The van der Waals surface area contributed by atoms with Crippen LogP contribution in [0.1, 0.15) is 6.42 Å². The maximum atomic E-state index is 12.2. The van der Waals surface area contributed by atoms with Gasteiger partial charge in [-0.3, -0.25) is 4.79 Å². The van der Waals surface area contributed by atoms with E-state index in [0.29, 0.717) is 0 Å². The topological polar surface area (TPSA) is 75.3 Å². The van der Waals surface area contributed by atoms with Crippen molar-refractivity contribution in [3.8, 4) is 0 Å². The van der Waals surface area contributed by atoms with Crippen LogP contribution in [0.15, 0.2) is 47.4 Å². The summed E-state index contributed by atoms with van der Waals surface area (Å²) in [6.07, 6.45) is -4.89. The van der Waals surface area contributed by atoms with Crippen LogP contribution in [0.4, 0.5) is 13.2 Å². The fourth-order valence-corrected chi connectivity index (χ4v) is 3.07. The average molecular weight is 360 g/mol. The Labute approximate surface area is 136 Å². The zero-order chi connectivity index (χ0) is 17.8. The number of hydrogen-bond acceptors (Lipinski definition) is 3. The molecule has 0 aromatic heterocycles. The number of carbonyl (C=O) groups excluding carboxylic acids is 1. The van der Waals surface area contributed by atoms with E-state index in [4.69, 9.17) is 0 Å². The van der Waals surface area contributed by atoms with E-state index in [1.54, 1.807) is 23.5 Å². The molecular weight excluding hydrogens is 345 g/mol. The number of carbonyl (C=O) groups is 1. The van der Waals surface area contributed by atoms with Gasteiger partial charge < -0.3 is 5.32 Å². The van der Waals surface area contributed by atoms with E-state index in [9.17, 15) is 26.4 Å². The van der Waals surface area contributed by atoms with Crippen molar-refractivity contribution in [2.45, 2.75) is 17.5 Å². The van der Waals surface area contributed by atoms with Crippen molar-refractivity contribution in [1.29, 1.82) is 0 Å². The fraction of sp³-hybridized carbons (Fsp3) is 0.267. The van der Waals surface area contributed by atoms with Crippen molar-refractivity contribution in [3.05, 3.63) is 42.5 Å². The van der Waals surface area contributed by atoms with Gasteiger partial charge in [-0.1, -0.05) is 30.3 Å². The molecule has 9 heteroatoms. The summed E-state index contributed by atoms with van der Waals surface area (Å²) >= 11 is 0. The van der Waals surface area contributed by atoms with Crippen molar-refractivity contribution in [3.63, 3.8) is 0 Å². The monoisotopic (exact) mass is 360 g/mol. The lowest BCUT2D eigenvalue weighted by Gasteiger charge is -2.09. The molecule has 0 aliphatic carbocycles. The van der Waals surface area contributed by atoms with Crippen LogP contribution in [0, 0.1) is 0 Å². The Morgan fingerprint density at radius 1 is 1.04 bits per heavy atom. The Morgan fingerprint density at radius 2 is 1.71 bits per heavy atom. The molecule has 2 aromatic rings. The molecule has 2 aromatic carbocycles. The third kappa shape index (κ3) is 5.20. The number of nitrogens with one attached hydrogen (secondary N) is 2. The van der Waals surface area contributed by atoms with E-state index in [1.165, 1.54) is 12.1 Å². The normalized spacial score (nSPS) is 12.3. The van der Waals surface area contributed by atoms with E-state index in [0.717, 1.165) is 10.8 Å². The smallest absolute Gasteiger partial charge is 0.347 e. The van der Waals surface area contributed by atoms with Gasteiger partial charge in [0.1, 0.15) is 6.54 Å². The molecule has 0 aliphatic rings. The number of rotatable bonds is 6. The van der Waals surface area contributed by atoms with Gasteiger partial charge in [0.15, 0.2) is 0 Å². The van der Waals surface area contributed by atoms with E-state index < -0.39 is 28.7 Å². The first-order valence-corrected chi connectivity index (χ1v) is 8.48. The van der Waals surface area contributed by atoms with Crippen LogP contribution in [0.3, 0.4) is 0 Å². The molecule has 2 rings (SSSR count). The van der Waals surface area contributed by atoms with E-state index in [-0.39, 0.29) is 17.9 Å². The number of sulfonamides is 1. The summed E-state index contributed by atoms with van der Waals surface area (Å²) in [4.78, 5) is 11.3. The van der Waals surface area contributed by atoms with Crippen molar-refractivity contribution in [2.75, 3.05) is 13.1 Å². The fourth-order valence-electron chi connectivity index (χ4n) is 2.00. The standard InChI is InChI=1S/C15H15F3N2O3S/c16-15(17,18)10-19-14(21)7-8-20-24(22,23)13-6-5-11-3-1-2-4-12(11)9-13/h1-6,9,20H,7-8,10H2,(H,19,21). The predicted molar refractivity (Wildman–Crippen MR) is 82.8 cm³/mol. The van der Waals surface area contributed by atoms with Gasteiger partial charge in [-0.05, 0) is 22.9 Å². The molecule has 0 aliphatic heterocycles. The van der Waals surface area contributed by atoms with Crippen LogP contribution in [0.25, 0.3) is 10.8 Å². The molecule has 0 fully saturated rings. The summed E-state index contributed by atoms with van der Waals surface area (Å²) in [6, 6.07) is 11.8. The quantitative estimate of drug-likeness (QED) is 0.829. The third-order valence-corrected chi connectivity index (χ3v) is 4.62. The second-order valence-electron chi connectivity index (χ2n) is 5.05. The summed E-state index contributed by atoms with van der Waals surface area (Å²) in [5, 5.41) is 3.29. The van der Waals surface area contributed by atoms with E-state index >= 15 is 0 Å². The number of alkyl halides is 3. The van der Waals surface area contributed by atoms with E-state index in [2.05, 4.69) is 4.72 Å². The van der Waals surface area contributed by atoms with Crippen molar-refractivity contribution in [2.24, 2.45) is 0 Å². The molecule has 5 nitrogen and oxygen atoms in total. The maximum absolute atomic E-state index is 12.2. The Balaban J connectivity index is 1.94. The molecule has 0 unspecified atom stereocenters. The summed E-state index contributed by atoms with van der Waals surface area (Å²) in [7, 11) is -3.84. The summed E-state index contributed by atoms with van der Waals surface area (Å²) in [6.45, 7) is -1.73. The van der Waals surface area contributed by atoms with Gasteiger partial charge in [0.2, 0.25) is 15.9 Å². The molecule has 0 spiro atoms. The van der Waals surface area contributed by atoms with Crippen LogP contribution in [0.5, 0.6) is 0 Å². The van der Waals surface area contributed by atoms with Gasteiger partial charge in [0.25, 0.3) is 0 Å². The molecule has 24 heavy (non-hydrogen) atoms. The lowest BCUT2D eigenvalue weighted by atomic mass is 10.1. The molecule has 0 atom stereocenters. The Morgan fingerprint density at radius 3 is 2.38 bits per heavy atom. The molecule has 0 heterocycles. The molecule has 0 saturated carbocycles. The highest BCUT2D eigenvalue weighted by atomic mass is 32.2. The highest BCUT2D eigenvalue weighted by Gasteiger charge is 2.27. The van der Waals surface area contributed by atoms with Crippen molar-refractivity contribution < 1.29 is 26.4 Å². The Kier molecular flexibility index (Phi) is 5.45. The number of amides is 1. The largest absolute Gasteiger partial charge is 0.405 e. The summed E-state index contributed by atoms with van der Waals surface area (Å²) in [5.74, 6) is -0.881. The highest BCUT2D eigenvalue weighted by molar-refractivity contribution is 7.89. The average Bonchev–Trinajstić information content (AvgIpc) is 2.51. The lowest BCUT2D eigenvalue weighted by molar-refractivity contribution is -0.138. The minimum atomic E-state index is -4.50. The van der Waals surface area contributed by atoms with E-state index in [1.807, 2.05) is 12.1 Å². The van der Waals surface area contributed by atoms with Gasteiger partial charge in [-0.25, -0.2) is 13.1 Å². The second-order valence-corrected chi connectivity index (χ2v) is 6.82. The second kappa shape index (κ2) is 7.18. The van der Waals surface area contributed by atoms with Crippen LogP contribution >= 0.6 is 0 Å². The molecule has 2 N–H and O–H groups in total. The van der Waals surface area contributed by atoms with Gasteiger partial charge in [-0.15, -0.1) is 0 Å². The molecule has 1 amide bonds. The minimum absolute atomic E-state index is 0.0249. The number of hydrogen-bond donors (Lipinski definition) is 2. The predicted octanol–water partition coefficient (Wildman–Crippen LogP) is 2.19. The molecular formula is C15H15F3N2O3S. The van der Waals surface area contributed by atoms with Crippen LogP contribution < -0.4 is 10.0 Å². The van der Waals surface area contributed by atoms with Crippen molar-refractivity contribution >= 4 is 26.7 Å². The first kappa shape index (κ1) is 18.2. The van der Waals surface area contributed by atoms with Crippen molar-refractivity contribution in [1.82, 2.24) is 10.0 Å². The first-order valence-electron chi connectivity index (χ1n) is 6.99. The van der Waals surface area contributed by atoms with Gasteiger partial charge in [0, 0.05) is 13.0 Å². The van der Waals surface area contributed by atoms with Gasteiger partial charge in [0.05, 0.1) is 4.90 Å². The highest BCUT2D eigenvalue weighted by Crippen LogP contribution is 2.18. The Hall–Kier alpha value is -2.13. The molecule has 0 bridgehead atoms. The molecule has 130 valence electrons. The maximum Gasteiger partial charge on any atom is 0.405 e. The number of halogens is 3. The molecule has 0 saturated heterocycles. The minimum Gasteiger partial charge on any atom is -0.347 e. The van der Waals surface area contributed by atoms with Crippen LogP contribution in [0.2, 0.25) is 0 Å². The molecule has 0 radical (unpaired) electrons. The van der Waals surface area contributed by atoms with Crippen LogP contribution in [-0.2, 0) is 14.8 Å². The Bertz CT molecular complexity index is 835. The zero-order valence-corrected chi connectivity index (χ0v) is 13.2. The summed E-state index contributed by atoms with van der Waals surface area (Å²) in [5.41, 5.74) is 0. The SMILES string of the molecule is O=C(CCNS(=O)(=O)c1ccc2ccccc2c1)NCC(F)(F)F. The van der Waals surface area contributed by atoms with Gasteiger partial charge >= 0.3 is 6.18 Å². The lowest BCUT2D eigenvalue weighted by Crippen LogP contribution is -2.36. The first-order chi connectivity index (χ1) is 11.2. The number of benzene rings is 2. The third-order valence-electron chi connectivity index (χ3n) is 3.16. The van der Waals surface area contributed by atoms with Crippen LogP contribution in [-0.4, -0.2) is 33.6 Å². The van der Waals surface area contributed by atoms with Gasteiger partial charge in [-0.2, -0.15) is 13.2 Å². The number of fused-ring (bicyclic) bond motifs is 1. The zero-order valence-electron chi connectivity index (χ0n) is 12.4.